The summed E-state index contributed by atoms with van der Waals surface area (Å²) < 4.78 is 0. The molecule has 1 heterocycles. The number of pyridine rings is 1. The van der Waals surface area contributed by atoms with Gasteiger partial charge in [-0.05, 0) is 30.9 Å². The zero-order valence-corrected chi connectivity index (χ0v) is 8.25. The maximum absolute atomic E-state index is 4.34. The van der Waals surface area contributed by atoms with Crippen LogP contribution in [0.15, 0.2) is 18.3 Å². The Morgan fingerprint density at radius 1 is 1.54 bits per heavy atom. The predicted octanol–water partition coefficient (Wildman–Crippen LogP) is 1.89. The first-order chi connectivity index (χ1) is 6.25. The Balaban J connectivity index is 1.84. The van der Waals surface area contributed by atoms with E-state index >= 15 is 0 Å². The van der Waals surface area contributed by atoms with Crippen LogP contribution in [0.1, 0.15) is 24.6 Å². The molecular weight excluding hydrogens is 160 g/mol. The quantitative estimate of drug-likeness (QED) is 0.760. The molecule has 0 aromatic carbocycles. The average Bonchev–Trinajstić information content (AvgIpc) is 2.81. The van der Waals surface area contributed by atoms with E-state index in [4.69, 9.17) is 0 Å². The van der Waals surface area contributed by atoms with E-state index in [0.29, 0.717) is 0 Å². The van der Waals surface area contributed by atoms with Crippen molar-refractivity contribution in [1.29, 1.82) is 0 Å². The van der Waals surface area contributed by atoms with Gasteiger partial charge in [-0.1, -0.05) is 13.0 Å². The molecule has 1 aromatic heterocycles. The van der Waals surface area contributed by atoms with Crippen molar-refractivity contribution < 1.29 is 0 Å². The van der Waals surface area contributed by atoms with Gasteiger partial charge in [0.05, 0.1) is 5.69 Å². The fraction of sp³-hybridized carbons (Fsp3) is 0.545. The largest absolute Gasteiger partial charge is 0.308 e. The van der Waals surface area contributed by atoms with Gasteiger partial charge in [-0.3, -0.25) is 4.98 Å². The van der Waals surface area contributed by atoms with Gasteiger partial charge < -0.3 is 5.32 Å². The van der Waals surface area contributed by atoms with E-state index in [-0.39, 0.29) is 0 Å². The number of rotatable bonds is 3. The molecule has 2 heteroatoms. The second-order valence-electron chi connectivity index (χ2n) is 4.03. The molecule has 2 nitrogen and oxygen atoms in total. The summed E-state index contributed by atoms with van der Waals surface area (Å²) in [5, 5.41) is 3.48. The van der Waals surface area contributed by atoms with Crippen molar-refractivity contribution in [2.45, 2.75) is 32.9 Å². The van der Waals surface area contributed by atoms with Crippen molar-refractivity contribution in [3.8, 4) is 0 Å². The van der Waals surface area contributed by atoms with E-state index in [9.17, 15) is 0 Å². The van der Waals surface area contributed by atoms with Gasteiger partial charge in [-0.2, -0.15) is 0 Å². The summed E-state index contributed by atoms with van der Waals surface area (Å²) in [5.74, 6) is 0.866. The first-order valence-corrected chi connectivity index (χ1v) is 4.90. The maximum atomic E-state index is 4.34. The van der Waals surface area contributed by atoms with Gasteiger partial charge >= 0.3 is 0 Å². The third kappa shape index (κ3) is 2.28. The van der Waals surface area contributed by atoms with E-state index in [1.807, 2.05) is 6.20 Å². The second-order valence-corrected chi connectivity index (χ2v) is 4.03. The molecule has 0 bridgehead atoms. The molecule has 1 aliphatic carbocycles. The zero-order valence-electron chi connectivity index (χ0n) is 8.25. The highest BCUT2D eigenvalue weighted by molar-refractivity contribution is 5.12. The molecule has 2 atom stereocenters. The Labute approximate surface area is 79.4 Å². The van der Waals surface area contributed by atoms with Crippen LogP contribution in [0.5, 0.6) is 0 Å². The van der Waals surface area contributed by atoms with Crippen LogP contribution >= 0.6 is 0 Å². The Kier molecular flexibility index (Phi) is 2.32. The van der Waals surface area contributed by atoms with Crippen molar-refractivity contribution in [3.05, 3.63) is 29.6 Å². The molecule has 1 saturated carbocycles. The fourth-order valence-corrected chi connectivity index (χ4v) is 1.45. The molecule has 2 rings (SSSR count). The van der Waals surface area contributed by atoms with Crippen LogP contribution in [0.25, 0.3) is 0 Å². The summed E-state index contributed by atoms with van der Waals surface area (Å²) in [7, 11) is 0. The van der Waals surface area contributed by atoms with Crippen LogP contribution in [0, 0.1) is 12.8 Å². The summed E-state index contributed by atoms with van der Waals surface area (Å²) in [6.45, 7) is 5.25. The van der Waals surface area contributed by atoms with Crippen LogP contribution in [-0.2, 0) is 6.54 Å². The predicted molar refractivity (Wildman–Crippen MR) is 53.4 cm³/mol. The molecule has 70 valence electrons. The molecule has 1 fully saturated rings. The lowest BCUT2D eigenvalue weighted by Gasteiger charge is -2.02. The lowest BCUT2D eigenvalue weighted by Crippen LogP contribution is -2.17. The first kappa shape index (κ1) is 8.70. The number of hydrogen-bond donors (Lipinski definition) is 1. The van der Waals surface area contributed by atoms with Crippen LogP contribution < -0.4 is 5.32 Å². The van der Waals surface area contributed by atoms with E-state index in [0.717, 1.165) is 24.2 Å². The SMILES string of the molecule is Cc1ccc(CNC2CC2C)nc1. The molecule has 0 aliphatic heterocycles. The van der Waals surface area contributed by atoms with Gasteiger partial charge in [0.15, 0.2) is 0 Å². The minimum Gasteiger partial charge on any atom is -0.308 e. The standard InChI is InChI=1S/C11H16N2/c1-8-3-4-10(12-6-8)7-13-11-5-9(11)2/h3-4,6,9,11,13H,5,7H2,1-2H3. The minimum absolute atomic E-state index is 0.739. The molecule has 1 aromatic rings. The Bertz CT molecular complexity index is 279. The normalized spacial score (nSPS) is 26.0. The van der Waals surface area contributed by atoms with Crippen molar-refractivity contribution >= 4 is 0 Å². The number of aromatic nitrogens is 1. The molecular formula is C11H16N2. The maximum Gasteiger partial charge on any atom is 0.0541 e. The van der Waals surface area contributed by atoms with Gasteiger partial charge in [0.1, 0.15) is 0 Å². The van der Waals surface area contributed by atoms with Crippen LogP contribution in [0.2, 0.25) is 0 Å². The van der Waals surface area contributed by atoms with Crippen molar-refractivity contribution in [3.63, 3.8) is 0 Å². The Hall–Kier alpha value is -0.890. The highest BCUT2D eigenvalue weighted by Gasteiger charge is 2.31. The monoisotopic (exact) mass is 176 g/mol. The third-order valence-corrected chi connectivity index (χ3v) is 2.63. The third-order valence-electron chi connectivity index (χ3n) is 2.63. The Morgan fingerprint density at radius 3 is 2.85 bits per heavy atom. The van der Waals surface area contributed by atoms with E-state index in [1.54, 1.807) is 0 Å². The second kappa shape index (κ2) is 3.46. The highest BCUT2D eigenvalue weighted by Crippen LogP contribution is 2.29. The van der Waals surface area contributed by atoms with E-state index < -0.39 is 0 Å². The molecule has 0 spiro atoms. The summed E-state index contributed by atoms with van der Waals surface area (Å²) in [6.07, 6.45) is 3.25. The van der Waals surface area contributed by atoms with Gasteiger partial charge in [0.25, 0.3) is 0 Å². The highest BCUT2D eigenvalue weighted by atomic mass is 15.0. The van der Waals surface area contributed by atoms with Crippen molar-refractivity contribution in [2.75, 3.05) is 0 Å². The van der Waals surface area contributed by atoms with Gasteiger partial charge in [0, 0.05) is 18.8 Å². The average molecular weight is 176 g/mol. The lowest BCUT2D eigenvalue weighted by molar-refractivity contribution is 0.642. The number of aryl methyl sites for hydroxylation is 1. The Morgan fingerprint density at radius 2 is 2.31 bits per heavy atom. The smallest absolute Gasteiger partial charge is 0.0541 e. The summed E-state index contributed by atoms with van der Waals surface area (Å²) in [6, 6.07) is 4.94. The molecule has 13 heavy (non-hydrogen) atoms. The molecule has 2 unspecified atom stereocenters. The lowest BCUT2D eigenvalue weighted by atomic mass is 10.3. The summed E-state index contributed by atoms with van der Waals surface area (Å²) in [4.78, 5) is 4.34. The summed E-state index contributed by atoms with van der Waals surface area (Å²) >= 11 is 0. The van der Waals surface area contributed by atoms with E-state index in [1.165, 1.54) is 12.0 Å². The minimum atomic E-state index is 0.739. The van der Waals surface area contributed by atoms with Crippen LogP contribution in [-0.4, -0.2) is 11.0 Å². The van der Waals surface area contributed by atoms with Crippen molar-refractivity contribution in [1.82, 2.24) is 10.3 Å². The van der Waals surface area contributed by atoms with Gasteiger partial charge in [-0.25, -0.2) is 0 Å². The van der Waals surface area contributed by atoms with Crippen LogP contribution in [0.3, 0.4) is 0 Å². The first-order valence-electron chi connectivity index (χ1n) is 4.90. The number of nitrogens with one attached hydrogen (secondary N) is 1. The molecule has 1 aliphatic rings. The molecule has 1 N–H and O–H groups in total. The summed E-state index contributed by atoms with van der Waals surface area (Å²) in [5.41, 5.74) is 2.37. The number of nitrogens with zero attached hydrogens (tertiary/aromatic N) is 1. The molecule has 0 amide bonds. The van der Waals surface area contributed by atoms with E-state index in [2.05, 4.69) is 36.3 Å². The molecule has 0 saturated heterocycles. The van der Waals surface area contributed by atoms with Crippen molar-refractivity contribution in [2.24, 2.45) is 5.92 Å². The van der Waals surface area contributed by atoms with Gasteiger partial charge in [0.2, 0.25) is 0 Å². The van der Waals surface area contributed by atoms with Crippen LogP contribution in [0.4, 0.5) is 0 Å². The zero-order chi connectivity index (χ0) is 9.26. The topological polar surface area (TPSA) is 24.9 Å². The molecule has 0 radical (unpaired) electrons. The fourth-order valence-electron chi connectivity index (χ4n) is 1.45. The number of hydrogen-bond acceptors (Lipinski definition) is 2. The van der Waals surface area contributed by atoms with Gasteiger partial charge in [-0.15, -0.1) is 0 Å².